The van der Waals surface area contributed by atoms with E-state index in [9.17, 15) is 0 Å². The fourth-order valence-corrected chi connectivity index (χ4v) is 4.89. The van der Waals surface area contributed by atoms with Crippen molar-refractivity contribution in [3.8, 4) is 22.3 Å². The van der Waals surface area contributed by atoms with Crippen LogP contribution in [-0.2, 0) is 20.4 Å². The largest absolute Gasteiger partial charge is 2.00 e. The first-order chi connectivity index (χ1) is 17.8. The number of fused-ring (bicyclic) bond motifs is 8. The third-order valence-corrected chi connectivity index (χ3v) is 6.52. The molecule has 0 aliphatic carbocycles. The zero-order valence-electron chi connectivity index (χ0n) is 19.8. The van der Waals surface area contributed by atoms with Crippen molar-refractivity contribution >= 4 is 46.4 Å². The number of aromatic nitrogens is 4. The summed E-state index contributed by atoms with van der Waals surface area (Å²) >= 11 is 0. The summed E-state index contributed by atoms with van der Waals surface area (Å²) in [6.07, 6.45) is 8.27. The third-order valence-electron chi connectivity index (χ3n) is 6.52. The van der Waals surface area contributed by atoms with Crippen molar-refractivity contribution < 1.29 is 20.4 Å². The number of nitrogens with one attached hydrogen (secondary N) is 2. The minimum absolute atomic E-state index is 0. The van der Waals surface area contributed by atoms with E-state index in [1.54, 1.807) is 0 Å². The molecule has 0 radical (unpaired) electrons. The van der Waals surface area contributed by atoms with Crippen molar-refractivity contribution in [2.45, 2.75) is 0 Å². The number of benzene rings is 2. The van der Waals surface area contributed by atoms with Crippen molar-refractivity contribution in [1.82, 2.24) is 19.9 Å². The molecule has 0 spiro atoms. The minimum Gasteiger partial charge on any atom is -0.355 e. The summed E-state index contributed by atoms with van der Waals surface area (Å²) in [7, 11) is 0. The maximum absolute atomic E-state index is 4.98. The molecule has 7 rings (SSSR count). The van der Waals surface area contributed by atoms with Crippen LogP contribution in [0.15, 0.2) is 97.1 Å². The van der Waals surface area contributed by atoms with E-state index < -0.39 is 0 Å². The van der Waals surface area contributed by atoms with Gasteiger partial charge in [-0.1, -0.05) is 60.7 Å². The second kappa shape index (κ2) is 9.63. The Hall–Kier alpha value is -4.30. The first-order valence-electron chi connectivity index (χ1n) is 12.0. The molecule has 5 heteroatoms. The van der Waals surface area contributed by atoms with E-state index in [0.29, 0.717) is 0 Å². The minimum atomic E-state index is 0. The maximum Gasteiger partial charge on any atom is 2.00 e. The Morgan fingerprint density at radius 1 is 0.459 bits per heavy atom. The fourth-order valence-electron chi connectivity index (χ4n) is 4.89. The Kier molecular flexibility index (Phi) is 6.02. The number of hydrogen-bond acceptors (Lipinski definition) is 2. The third kappa shape index (κ3) is 4.40. The van der Waals surface area contributed by atoms with E-state index in [1.807, 2.05) is 18.2 Å². The SMILES string of the molecule is C1=Cc2nc1cc1nc(c(-c3ccccc3)c3ccc(cc4ccc([nH]4)c2-c2ccccc2)[nH]3)C=C1.[Pd+2]. The zero-order valence-corrected chi connectivity index (χ0v) is 21.3. The second-order valence-corrected chi connectivity index (χ2v) is 8.94. The van der Waals surface area contributed by atoms with Crippen LogP contribution in [0.2, 0.25) is 0 Å². The van der Waals surface area contributed by atoms with E-state index in [0.717, 1.165) is 67.1 Å². The fraction of sp³-hybridized carbons (Fsp3) is 0. The molecular weight excluding hydrogens is 547 g/mol. The van der Waals surface area contributed by atoms with Crippen LogP contribution in [-0.4, -0.2) is 19.9 Å². The first-order valence-corrected chi connectivity index (χ1v) is 12.0. The van der Waals surface area contributed by atoms with Crippen LogP contribution >= 0.6 is 0 Å². The van der Waals surface area contributed by atoms with Gasteiger partial charge in [0, 0.05) is 33.2 Å². The number of rotatable bonds is 2. The van der Waals surface area contributed by atoms with Crippen molar-refractivity contribution in [2.75, 3.05) is 0 Å². The van der Waals surface area contributed by atoms with Crippen molar-refractivity contribution in [1.29, 1.82) is 0 Å². The van der Waals surface area contributed by atoms with Crippen LogP contribution in [0.25, 0.3) is 68.6 Å². The van der Waals surface area contributed by atoms with Crippen LogP contribution in [0.3, 0.4) is 0 Å². The van der Waals surface area contributed by atoms with Gasteiger partial charge in [-0.05, 0) is 71.8 Å². The summed E-state index contributed by atoms with van der Waals surface area (Å²) in [6, 6.07) is 33.4. The summed E-state index contributed by atoms with van der Waals surface area (Å²) in [5, 5.41) is 0. The Labute approximate surface area is 228 Å². The van der Waals surface area contributed by atoms with Gasteiger partial charge in [-0.2, -0.15) is 0 Å². The van der Waals surface area contributed by atoms with Gasteiger partial charge in [0.25, 0.3) is 0 Å². The molecule has 37 heavy (non-hydrogen) atoms. The molecule has 2 N–H and O–H groups in total. The van der Waals surface area contributed by atoms with E-state index in [2.05, 4.69) is 113 Å². The van der Waals surface area contributed by atoms with Crippen molar-refractivity contribution in [3.05, 3.63) is 120 Å². The Bertz CT molecular complexity index is 1700. The van der Waals surface area contributed by atoms with Crippen molar-refractivity contribution in [3.63, 3.8) is 0 Å². The van der Waals surface area contributed by atoms with E-state index >= 15 is 0 Å². The molecule has 0 atom stereocenters. The van der Waals surface area contributed by atoms with Gasteiger partial charge >= 0.3 is 20.4 Å². The summed E-state index contributed by atoms with van der Waals surface area (Å²) in [4.78, 5) is 17.2. The van der Waals surface area contributed by atoms with Gasteiger partial charge in [0.1, 0.15) is 0 Å². The molecule has 4 nitrogen and oxygen atoms in total. The van der Waals surface area contributed by atoms with Gasteiger partial charge in [0.2, 0.25) is 0 Å². The molecule has 0 unspecified atom stereocenters. The topological polar surface area (TPSA) is 57.4 Å². The van der Waals surface area contributed by atoms with Crippen LogP contribution < -0.4 is 0 Å². The number of nitrogens with zero attached hydrogens (tertiary/aromatic N) is 2. The Morgan fingerprint density at radius 2 is 0.919 bits per heavy atom. The zero-order chi connectivity index (χ0) is 23.9. The Morgan fingerprint density at radius 3 is 1.38 bits per heavy atom. The summed E-state index contributed by atoms with van der Waals surface area (Å²) in [5.41, 5.74) is 12.1. The van der Waals surface area contributed by atoms with Crippen LogP contribution in [0.4, 0.5) is 0 Å². The summed E-state index contributed by atoms with van der Waals surface area (Å²) < 4.78 is 0. The monoisotopic (exact) mass is 568 g/mol. The standard InChI is InChI=1S/C32H22N4.Pd/c1-3-7-21(8-4-1)31-27-15-11-23(33-27)19-25-13-17-29(35-25)32(22-9-5-2-6-10-22)30-18-14-26(36-30)20-24-12-16-28(31)34-24;/h1-20,33,35H;/q;+2. The molecular formula is C32H22N4Pd+2. The molecule has 178 valence electrons. The summed E-state index contributed by atoms with van der Waals surface area (Å²) in [5.74, 6) is 0. The normalized spacial score (nSPS) is 11.9. The molecule has 2 aliphatic rings. The molecule has 0 saturated heterocycles. The molecule has 2 aliphatic heterocycles. The quantitative estimate of drug-likeness (QED) is 0.208. The van der Waals surface area contributed by atoms with E-state index in [1.165, 1.54) is 0 Å². The van der Waals surface area contributed by atoms with Crippen molar-refractivity contribution in [2.24, 2.45) is 0 Å². The van der Waals surface area contributed by atoms with Gasteiger partial charge in [-0.25, -0.2) is 9.97 Å². The summed E-state index contributed by atoms with van der Waals surface area (Å²) in [6.45, 7) is 0. The molecule has 5 heterocycles. The molecule has 0 saturated carbocycles. The van der Waals surface area contributed by atoms with Gasteiger partial charge in [-0.15, -0.1) is 0 Å². The average Bonchev–Trinajstić information content (AvgIpc) is 3.72. The van der Waals surface area contributed by atoms with Crippen LogP contribution in [0, 0.1) is 0 Å². The molecule has 8 bridgehead atoms. The van der Waals surface area contributed by atoms with Gasteiger partial charge in [-0.3, -0.25) is 0 Å². The number of aromatic amines is 2. The molecule has 5 aromatic rings. The smallest absolute Gasteiger partial charge is 0.355 e. The maximum atomic E-state index is 4.98. The van der Waals surface area contributed by atoms with Crippen LogP contribution in [0.1, 0.15) is 22.8 Å². The number of hydrogen-bond donors (Lipinski definition) is 2. The average molecular weight is 569 g/mol. The Balaban J connectivity index is 0.00000252. The second-order valence-electron chi connectivity index (χ2n) is 8.94. The number of H-pyrrole nitrogens is 2. The van der Waals surface area contributed by atoms with Gasteiger partial charge < -0.3 is 9.97 Å². The predicted octanol–water partition coefficient (Wildman–Crippen LogP) is 7.99. The molecule has 0 fully saturated rings. The molecule has 3 aromatic heterocycles. The first kappa shape index (κ1) is 23.1. The van der Waals surface area contributed by atoms with Crippen LogP contribution in [0.5, 0.6) is 0 Å². The molecule has 0 amide bonds. The molecule has 2 aromatic carbocycles. The van der Waals surface area contributed by atoms with E-state index in [-0.39, 0.29) is 20.4 Å². The van der Waals surface area contributed by atoms with Gasteiger partial charge in [0.15, 0.2) is 0 Å². The predicted molar refractivity (Wildman–Crippen MR) is 150 cm³/mol. The van der Waals surface area contributed by atoms with Gasteiger partial charge in [0.05, 0.1) is 22.8 Å². The van der Waals surface area contributed by atoms with E-state index in [4.69, 9.17) is 9.97 Å².